The number of carbonyl (C=O) groups is 1. The van der Waals surface area contributed by atoms with E-state index in [1.165, 1.54) is 6.92 Å². The van der Waals surface area contributed by atoms with Crippen LogP contribution >= 0.6 is 0 Å². The molecule has 142 valence electrons. The molecule has 0 atom stereocenters. The number of Topliss-reactive ketones (excluding diaryl/α,β-unsaturated/α-hetero) is 1. The van der Waals surface area contributed by atoms with Crippen molar-refractivity contribution in [3.05, 3.63) is 76.0 Å². The van der Waals surface area contributed by atoms with Gasteiger partial charge in [0.1, 0.15) is 5.69 Å². The maximum absolute atomic E-state index is 11.6. The van der Waals surface area contributed by atoms with Crippen molar-refractivity contribution in [2.45, 2.75) is 13.8 Å². The Morgan fingerprint density at radius 3 is 2.46 bits per heavy atom. The number of aryl methyl sites for hydroxylation is 1. The lowest BCUT2D eigenvalue weighted by molar-refractivity contribution is -0.385. The zero-order chi connectivity index (χ0) is 20.3. The van der Waals surface area contributed by atoms with Crippen LogP contribution in [0.1, 0.15) is 23.0 Å². The molecule has 8 nitrogen and oxygen atoms in total. The summed E-state index contributed by atoms with van der Waals surface area (Å²) in [4.78, 5) is 33.0. The summed E-state index contributed by atoms with van der Waals surface area (Å²) in [6, 6.07) is 16.1. The minimum Gasteiger partial charge on any atom is -0.324 e. The molecule has 0 amide bonds. The minimum atomic E-state index is -0.482. The quantitative estimate of drug-likeness (QED) is 0.386. The summed E-state index contributed by atoms with van der Waals surface area (Å²) in [5.41, 5.74) is 2.00. The highest BCUT2D eigenvalue weighted by atomic mass is 16.6. The number of carbonyl (C=O) groups excluding carboxylic acids is 1. The molecule has 1 N–H and O–H groups in total. The van der Waals surface area contributed by atoms with Crippen molar-refractivity contribution in [3.8, 4) is 0 Å². The van der Waals surface area contributed by atoms with E-state index in [-0.39, 0.29) is 28.9 Å². The number of rotatable bonds is 6. The number of nitrogens with one attached hydrogen (secondary N) is 1. The van der Waals surface area contributed by atoms with Crippen molar-refractivity contribution < 1.29 is 9.72 Å². The fourth-order valence-electron chi connectivity index (χ4n) is 2.77. The van der Waals surface area contributed by atoms with Crippen molar-refractivity contribution in [1.29, 1.82) is 0 Å². The number of benzene rings is 2. The molecule has 0 saturated heterocycles. The van der Waals surface area contributed by atoms with E-state index in [1.54, 1.807) is 43.1 Å². The third-order valence-electron chi connectivity index (χ3n) is 4.21. The van der Waals surface area contributed by atoms with Crippen molar-refractivity contribution in [1.82, 2.24) is 9.97 Å². The average molecular weight is 377 g/mol. The molecule has 0 bridgehead atoms. The van der Waals surface area contributed by atoms with Crippen molar-refractivity contribution in [3.63, 3.8) is 0 Å². The van der Waals surface area contributed by atoms with E-state index >= 15 is 0 Å². The molecule has 0 unspecified atom stereocenters. The molecule has 0 aliphatic carbocycles. The maximum Gasteiger partial charge on any atom is 0.333 e. The van der Waals surface area contributed by atoms with Gasteiger partial charge in [0, 0.05) is 24.0 Å². The summed E-state index contributed by atoms with van der Waals surface area (Å²) < 4.78 is 0. The largest absolute Gasteiger partial charge is 0.333 e. The SMILES string of the molecule is CC(=O)c1cccc(Nc2nc(C)c([N+](=O)[O-])c(N(C)c3ccccc3)n2)c1. The summed E-state index contributed by atoms with van der Waals surface area (Å²) in [5.74, 6) is 0.324. The Labute approximate surface area is 162 Å². The second-order valence-corrected chi connectivity index (χ2v) is 6.22. The van der Waals surface area contributed by atoms with E-state index in [2.05, 4.69) is 15.3 Å². The van der Waals surface area contributed by atoms with Gasteiger partial charge in [0.15, 0.2) is 5.78 Å². The van der Waals surface area contributed by atoms with Gasteiger partial charge >= 0.3 is 5.69 Å². The van der Waals surface area contributed by atoms with Crippen LogP contribution in [0.4, 0.5) is 28.8 Å². The smallest absolute Gasteiger partial charge is 0.324 e. The Bertz CT molecular complexity index is 1040. The minimum absolute atomic E-state index is 0.0612. The molecule has 0 fully saturated rings. The highest BCUT2D eigenvalue weighted by molar-refractivity contribution is 5.95. The highest BCUT2D eigenvalue weighted by Crippen LogP contribution is 2.33. The molecule has 0 spiro atoms. The Morgan fingerprint density at radius 2 is 1.82 bits per heavy atom. The standard InChI is InChI=1S/C20H19N5O3/c1-13-18(25(27)28)19(24(3)17-10-5-4-6-11-17)23-20(21-13)22-16-9-7-8-15(12-16)14(2)26/h4-12H,1-3H3,(H,21,22,23). The molecule has 8 heteroatoms. The summed E-state index contributed by atoms with van der Waals surface area (Å²) in [5, 5.41) is 14.6. The monoisotopic (exact) mass is 377 g/mol. The Morgan fingerprint density at radius 1 is 1.11 bits per heavy atom. The fourth-order valence-corrected chi connectivity index (χ4v) is 2.77. The number of para-hydroxylation sites is 1. The van der Waals surface area contributed by atoms with Crippen LogP contribution in [-0.4, -0.2) is 27.7 Å². The van der Waals surface area contributed by atoms with E-state index in [1.807, 2.05) is 30.3 Å². The topological polar surface area (TPSA) is 101 Å². The van der Waals surface area contributed by atoms with Gasteiger partial charge in [-0.15, -0.1) is 0 Å². The molecule has 0 aliphatic rings. The van der Waals surface area contributed by atoms with Gasteiger partial charge in [-0.25, -0.2) is 4.98 Å². The Hall–Kier alpha value is -3.81. The molecule has 1 aromatic heterocycles. The number of aromatic nitrogens is 2. The number of hydrogen-bond acceptors (Lipinski definition) is 7. The maximum atomic E-state index is 11.6. The molecule has 3 aromatic rings. The first-order chi connectivity index (χ1) is 13.4. The Kier molecular flexibility index (Phi) is 5.30. The summed E-state index contributed by atoms with van der Waals surface area (Å²) in [6.45, 7) is 3.05. The van der Waals surface area contributed by atoms with Gasteiger partial charge in [-0.05, 0) is 38.1 Å². The number of ketones is 1. The normalized spacial score (nSPS) is 10.4. The third kappa shape index (κ3) is 3.96. The fraction of sp³-hybridized carbons (Fsp3) is 0.150. The first-order valence-corrected chi connectivity index (χ1v) is 8.56. The van der Waals surface area contributed by atoms with Gasteiger partial charge in [0.25, 0.3) is 0 Å². The van der Waals surface area contributed by atoms with E-state index in [4.69, 9.17) is 0 Å². The van der Waals surface area contributed by atoms with Crippen LogP contribution in [0, 0.1) is 17.0 Å². The van der Waals surface area contributed by atoms with E-state index in [0.717, 1.165) is 5.69 Å². The van der Waals surface area contributed by atoms with Crippen LogP contribution in [0.25, 0.3) is 0 Å². The van der Waals surface area contributed by atoms with Crippen LogP contribution in [0.5, 0.6) is 0 Å². The van der Waals surface area contributed by atoms with Crippen LogP contribution < -0.4 is 10.2 Å². The van der Waals surface area contributed by atoms with Crippen molar-refractivity contribution >= 4 is 34.6 Å². The first-order valence-electron chi connectivity index (χ1n) is 8.56. The molecule has 2 aromatic carbocycles. The molecular formula is C20H19N5O3. The second-order valence-electron chi connectivity index (χ2n) is 6.22. The molecule has 1 heterocycles. The van der Waals surface area contributed by atoms with Crippen LogP contribution in [0.15, 0.2) is 54.6 Å². The number of nitrogens with zero attached hydrogens (tertiary/aromatic N) is 4. The molecule has 0 saturated carbocycles. The number of anilines is 4. The highest BCUT2D eigenvalue weighted by Gasteiger charge is 2.25. The summed E-state index contributed by atoms with van der Waals surface area (Å²) >= 11 is 0. The third-order valence-corrected chi connectivity index (χ3v) is 4.21. The van der Waals surface area contributed by atoms with Crippen LogP contribution in [0.2, 0.25) is 0 Å². The molecule has 3 rings (SSSR count). The van der Waals surface area contributed by atoms with E-state index in [9.17, 15) is 14.9 Å². The summed E-state index contributed by atoms with van der Waals surface area (Å²) in [7, 11) is 1.71. The predicted molar refractivity (Wildman–Crippen MR) is 108 cm³/mol. The van der Waals surface area contributed by atoms with E-state index < -0.39 is 4.92 Å². The second kappa shape index (κ2) is 7.83. The predicted octanol–water partition coefficient (Wildman–Crippen LogP) is 4.41. The van der Waals surface area contributed by atoms with Crippen LogP contribution in [-0.2, 0) is 0 Å². The lowest BCUT2D eigenvalue weighted by Crippen LogP contribution is -2.16. The number of hydrogen-bond donors (Lipinski definition) is 1. The lowest BCUT2D eigenvalue weighted by Gasteiger charge is -2.19. The van der Waals surface area contributed by atoms with Gasteiger partial charge in [-0.2, -0.15) is 4.98 Å². The first kappa shape index (κ1) is 19.0. The lowest BCUT2D eigenvalue weighted by atomic mass is 10.1. The van der Waals surface area contributed by atoms with E-state index in [0.29, 0.717) is 11.3 Å². The zero-order valence-electron chi connectivity index (χ0n) is 15.7. The molecule has 0 radical (unpaired) electrons. The number of nitro groups is 1. The average Bonchev–Trinajstić information content (AvgIpc) is 2.67. The van der Waals surface area contributed by atoms with Crippen molar-refractivity contribution in [2.24, 2.45) is 0 Å². The van der Waals surface area contributed by atoms with Gasteiger partial charge in [0.05, 0.1) is 4.92 Å². The van der Waals surface area contributed by atoms with Gasteiger partial charge in [-0.3, -0.25) is 14.9 Å². The van der Waals surface area contributed by atoms with Crippen LogP contribution in [0.3, 0.4) is 0 Å². The van der Waals surface area contributed by atoms with Gasteiger partial charge < -0.3 is 10.2 Å². The van der Waals surface area contributed by atoms with Gasteiger partial charge in [0.2, 0.25) is 11.8 Å². The Balaban J connectivity index is 2.04. The van der Waals surface area contributed by atoms with Gasteiger partial charge in [-0.1, -0.05) is 30.3 Å². The molecule has 28 heavy (non-hydrogen) atoms. The van der Waals surface area contributed by atoms with Crippen molar-refractivity contribution in [2.75, 3.05) is 17.3 Å². The molecular weight excluding hydrogens is 358 g/mol. The summed E-state index contributed by atoms with van der Waals surface area (Å²) in [6.07, 6.45) is 0. The molecule has 0 aliphatic heterocycles. The zero-order valence-corrected chi connectivity index (χ0v) is 15.7.